The molecule has 19 heavy (non-hydrogen) atoms. The van der Waals surface area contributed by atoms with Crippen molar-refractivity contribution in [3.63, 3.8) is 0 Å². The summed E-state index contributed by atoms with van der Waals surface area (Å²) in [5.41, 5.74) is 1.98. The van der Waals surface area contributed by atoms with Gasteiger partial charge in [-0.3, -0.25) is 4.79 Å². The largest absolute Gasteiger partial charge is 0.505 e. The Hall–Kier alpha value is -1.55. The lowest BCUT2D eigenvalue weighted by molar-refractivity contribution is -0.124. The Morgan fingerprint density at radius 1 is 1.47 bits per heavy atom. The van der Waals surface area contributed by atoms with Crippen molar-refractivity contribution in [2.24, 2.45) is 5.41 Å². The van der Waals surface area contributed by atoms with E-state index in [-0.39, 0.29) is 17.1 Å². The van der Waals surface area contributed by atoms with E-state index in [4.69, 9.17) is 0 Å². The molecule has 2 rings (SSSR count). The zero-order valence-corrected chi connectivity index (χ0v) is 11.8. The number of aromatic hydroxyl groups is 1. The average Bonchev–Trinajstić information content (AvgIpc) is 2.85. The molecule has 1 aliphatic heterocycles. The first-order valence-electron chi connectivity index (χ1n) is 6.81. The zero-order valence-electron chi connectivity index (χ0n) is 11.8. The van der Waals surface area contributed by atoms with E-state index in [1.165, 1.54) is 0 Å². The predicted octanol–water partition coefficient (Wildman–Crippen LogP) is 2.34. The molecule has 0 aromatic heterocycles. The normalized spacial score (nSPS) is 22.5. The Kier molecular flexibility index (Phi) is 3.80. The van der Waals surface area contributed by atoms with Crippen molar-refractivity contribution < 1.29 is 9.90 Å². The van der Waals surface area contributed by atoms with Crippen molar-refractivity contribution in [1.29, 1.82) is 0 Å². The molecule has 1 atom stereocenters. The van der Waals surface area contributed by atoms with Crippen molar-refractivity contribution in [3.8, 4) is 5.75 Å². The summed E-state index contributed by atoms with van der Waals surface area (Å²) < 4.78 is 0. The van der Waals surface area contributed by atoms with Gasteiger partial charge in [0.05, 0.1) is 11.1 Å². The fourth-order valence-electron chi connectivity index (χ4n) is 2.71. The molecular formula is C15H22N2O2. The van der Waals surface area contributed by atoms with Crippen LogP contribution in [-0.2, 0) is 4.79 Å². The third-order valence-corrected chi connectivity index (χ3v) is 4.10. The highest BCUT2D eigenvalue weighted by atomic mass is 16.3. The Morgan fingerprint density at radius 2 is 2.21 bits per heavy atom. The summed E-state index contributed by atoms with van der Waals surface area (Å²) in [6.45, 7) is 7.41. The van der Waals surface area contributed by atoms with Crippen molar-refractivity contribution in [2.45, 2.75) is 33.6 Å². The lowest BCUT2D eigenvalue weighted by Gasteiger charge is -2.25. The molecule has 0 bridgehead atoms. The second-order valence-corrected chi connectivity index (χ2v) is 5.49. The number of benzene rings is 1. The molecule has 4 nitrogen and oxygen atoms in total. The predicted molar refractivity (Wildman–Crippen MR) is 76.4 cm³/mol. The molecule has 1 amide bonds. The van der Waals surface area contributed by atoms with E-state index in [2.05, 4.69) is 10.6 Å². The minimum absolute atomic E-state index is 0.000278. The second-order valence-electron chi connectivity index (χ2n) is 5.49. The van der Waals surface area contributed by atoms with Gasteiger partial charge in [0, 0.05) is 6.54 Å². The summed E-state index contributed by atoms with van der Waals surface area (Å²) in [6, 6.07) is 3.71. The lowest BCUT2D eigenvalue weighted by Crippen LogP contribution is -2.37. The van der Waals surface area contributed by atoms with Gasteiger partial charge in [0.2, 0.25) is 5.91 Å². The van der Waals surface area contributed by atoms with Crippen LogP contribution >= 0.6 is 0 Å². The number of phenolic OH excluding ortho intramolecular Hbond substituents is 1. The summed E-state index contributed by atoms with van der Waals surface area (Å²) in [4.78, 5) is 12.5. The highest BCUT2D eigenvalue weighted by Gasteiger charge is 2.39. The molecule has 4 heteroatoms. The summed E-state index contributed by atoms with van der Waals surface area (Å²) in [6.07, 6.45) is 1.65. The van der Waals surface area contributed by atoms with Gasteiger partial charge in [0.1, 0.15) is 5.75 Å². The van der Waals surface area contributed by atoms with Crippen LogP contribution in [-0.4, -0.2) is 24.1 Å². The van der Waals surface area contributed by atoms with Gasteiger partial charge in [-0.15, -0.1) is 0 Å². The smallest absolute Gasteiger partial charge is 0.232 e. The van der Waals surface area contributed by atoms with Crippen molar-refractivity contribution in [1.82, 2.24) is 5.32 Å². The molecular weight excluding hydrogens is 240 g/mol. The van der Waals surface area contributed by atoms with Crippen LogP contribution in [0.1, 0.15) is 30.9 Å². The maximum absolute atomic E-state index is 12.5. The summed E-state index contributed by atoms with van der Waals surface area (Å²) in [5.74, 6) is 0.163. The summed E-state index contributed by atoms with van der Waals surface area (Å²) in [5, 5.41) is 16.2. The van der Waals surface area contributed by atoms with Crippen molar-refractivity contribution in [3.05, 3.63) is 23.3 Å². The molecule has 1 saturated heterocycles. The van der Waals surface area contributed by atoms with Gasteiger partial charge in [-0.2, -0.15) is 0 Å². The van der Waals surface area contributed by atoms with E-state index in [1.54, 1.807) is 0 Å². The number of carbonyl (C=O) groups excluding carboxylic acids is 1. The minimum atomic E-state index is -0.343. The van der Waals surface area contributed by atoms with E-state index in [9.17, 15) is 9.90 Å². The fourth-order valence-corrected chi connectivity index (χ4v) is 2.71. The quantitative estimate of drug-likeness (QED) is 0.733. The van der Waals surface area contributed by atoms with E-state index in [1.807, 2.05) is 32.9 Å². The Morgan fingerprint density at radius 3 is 2.79 bits per heavy atom. The Balaban J connectivity index is 2.24. The van der Waals surface area contributed by atoms with Crippen molar-refractivity contribution in [2.75, 3.05) is 18.4 Å². The molecule has 1 fully saturated rings. The molecule has 1 aromatic rings. The highest BCUT2D eigenvalue weighted by molar-refractivity contribution is 5.97. The number of hydrogen-bond acceptors (Lipinski definition) is 3. The van der Waals surface area contributed by atoms with E-state index in [0.717, 1.165) is 30.5 Å². The number of aryl methyl sites for hydroxylation is 2. The first-order valence-corrected chi connectivity index (χ1v) is 6.81. The Bertz CT molecular complexity index is 491. The number of hydrogen-bond donors (Lipinski definition) is 3. The lowest BCUT2D eigenvalue weighted by atomic mass is 9.83. The van der Waals surface area contributed by atoms with Gasteiger partial charge in [0.15, 0.2) is 0 Å². The molecule has 1 heterocycles. The molecule has 0 saturated carbocycles. The first kappa shape index (κ1) is 13.9. The van der Waals surface area contributed by atoms with Gasteiger partial charge < -0.3 is 15.7 Å². The molecule has 0 aliphatic carbocycles. The van der Waals surface area contributed by atoms with Crippen LogP contribution in [0.4, 0.5) is 5.69 Å². The minimum Gasteiger partial charge on any atom is -0.505 e. The van der Waals surface area contributed by atoms with Gasteiger partial charge in [0.25, 0.3) is 0 Å². The standard InChI is InChI=1S/C15H22N2O2/c1-4-15(5-6-16-9-15)14(19)17-12-8-10(2)7-11(3)13(12)18/h7-8,16,18H,4-6,9H2,1-3H3,(H,17,19). The van der Waals surface area contributed by atoms with E-state index in [0.29, 0.717) is 12.2 Å². The fraction of sp³-hybridized carbons (Fsp3) is 0.533. The summed E-state index contributed by atoms with van der Waals surface area (Å²) in [7, 11) is 0. The zero-order chi connectivity index (χ0) is 14.0. The van der Waals surface area contributed by atoms with Gasteiger partial charge >= 0.3 is 0 Å². The van der Waals surface area contributed by atoms with Crippen LogP contribution in [0.3, 0.4) is 0 Å². The monoisotopic (exact) mass is 262 g/mol. The number of nitrogens with one attached hydrogen (secondary N) is 2. The van der Waals surface area contributed by atoms with Gasteiger partial charge in [-0.1, -0.05) is 13.0 Å². The Labute approximate surface area is 114 Å². The number of carbonyl (C=O) groups is 1. The topological polar surface area (TPSA) is 61.4 Å². The van der Waals surface area contributed by atoms with Crippen LogP contribution < -0.4 is 10.6 Å². The molecule has 1 aromatic carbocycles. The van der Waals surface area contributed by atoms with E-state index < -0.39 is 0 Å². The maximum atomic E-state index is 12.5. The third kappa shape index (κ3) is 2.59. The number of amides is 1. The van der Waals surface area contributed by atoms with Gasteiger partial charge in [-0.05, 0) is 50.4 Å². The van der Waals surface area contributed by atoms with Crippen molar-refractivity contribution >= 4 is 11.6 Å². The molecule has 1 unspecified atom stereocenters. The van der Waals surface area contributed by atoms with Crippen LogP contribution in [0.2, 0.25) is 0 Å². The SMILES string of the molecule is CCC1(C(=O)Nc2cc(C)cc(C)c2O)CCNC1. The van der Waals surface area contributed by atoms with Crippen LogP contribution in [0.15, 0.2) is 12.1 Å². The second kappa shape index (κ2) is 5.21. The van der Waals surface area contributed by atoms with Crippen LogP contribution in [0.5, 0.6) is 5.75 Å². The number of anilines is 1. The summed E-state index contributed by atoms with van der Waals surface area (Å²) >= 11 is 0. The molecule has 3 N–H and O–H groups in total. The van der Waals surface area contributed by atoms with E-state index >= 15 is 0 Å². The molecule has 0 spiro atoms. The maximum Gasteiger partial charge on any atom is 0.232 e. The highest BCUT2D eigenvalue weighted by Crippen LogP contribution is 2.34. The van der Waals surface area contributed by atoms with Gasteiger partial charge in [-0.25, -0.2) is 0 Å². The molecule has 1 aliphatic rings. The molecule has 0 radical (unpaired) electrons. The van der Waals surface area contributed by atoms with Crippen LogP contribution in [0.25, 0.3) is 0 Å². The number of phenols is 1. The third-order valence-electron chi connectivity index (χ3n) is 4.10. The van der Waals surface area contributed by atoms with Crippen LogP contribution in [0, 0.1) is 19.3 Å². The number of rotatable bonds is 3. The molecule has 104 valence electrons. The average molecular weight is 262 g/mol. The first-order chi connectivity index (χ1) is 8.98.